The fourth-order valence-electron chi connectivity index (χ4n) is 2.09. The minimum absolute atomic E-state index is 0.941. The molecule has 0 saturated heterocycles. The molecule has 0 aromatic heterocycles. The average Bonchev–Trinajstić information content (AvgIpc) is 2.02. The summed E-state index contributed by atoms with van der Waals surface area (Å²) in [6, 6.07) is 0. The van der Waals surface area contributed by atoms with Gasteiger partial charge in [-0.05, 0) is 43.9 Å². The van der Waals surface area contributed by atoms with E-state index in [0.717, 1.165) is 11.8 Å². The van der Waals surface area contributed by atoms with E-state index < -0.39 is 0 Å². The van der Waals surface area contributed by atoms with Crippen LogP contribution in [0.5, 0.6) is 0 Å². The van der Waals surface area contributed by atoms with Gasteiger partial charge < -0.3 is 0 Å². The number of allylic oxidation sites excluding steroid dienone is 2. The van der Waals surface area contributed by atoms with Crippen LogP contribution in [0.2, 0.25) is 0 Å². The molecule has 1 rings (SSSR count). The highest BCUT2D eigenvalue weighted by atomic mass is 14.2. The topological polar surface area (TPSA) is 0 Å². The maximum Gasteiger partial charge on any atom is -0.0348 e. The Labute approximate surface area is 77.1 Å². The van der Waals surface area contributed by atoms with Crippen molar-refractivity contribution in [2.75, 3.05) is 0 Å². The van der Waals surface area contributed by atoms with Gasteiger partial charge in [0, 0.05) is 0 Å². The van der Waals surface area contributed by atoms with Gasteiger partial charge in [-0.25, -0.2) is 0 Å². The zero-order chi connectivity index (χ0) is 8.81. The molecule has 0 nitrogen and oxygen atoms in total. The molecule has 0 aromatic carbocycles. The Morgan fingerprint density at radius 1 is 1.25 bits per heavy atom. The van der Waals surface area contributed by atoms with E-state index >= 15 is 0 Å². The maximum absolute atomic E-state index is 2.41. The van der Waals surface area contributed by atoms with Gasteiger partial charge in [0.2, 0.25) is 0 Å². The first-order chi connectivity index (χ1) is 5.84. The molecule has 1 aliphatic carbocycles. The summed E-state index contributed by atoms with van der Waals surface area (Å²) in [7, 11) is 0. The fraction of sp³-hybridized carbons (Fsp3) is 0.833. The van der Waals surface area contributed by atoms with Gasteiger partial charge in [0.15, 0.2) is 0 Å². The molecule has 0 aliphatic heterocycles. The summed E-state index contributed by atoms with van der Waals surface area (Å²) < 4.78 is 0. The second-order valence-electron chi connectivity index (χ2n) is 4.13. The van der Waals surface area contributed by atoms with E-state index in [0.29, 0.717) is 0 Å². The van der Waals surface area contributed by atoms with Crippen molar-refractivity contribution in [3.63, 3.8) is 0 Å². The molecule has 0 fully saturated rings. The third-order valence-electron chi connectivity index (χ3n) is 3.27. The van der Waals surface area contributed by atoms with E-state index in [1.165, 1.54) is 38.5 Å². The first-order valence-corrected chi connectivity index (χ1v) is 5.49. The van der Waals surface area contributed by atoms with E-state index in [9.17, 15) is 0 Å². The Kier molecular flexibility index (Phi) is 4.42. The lowest BCUT2D eigenvalue weighted by molar-refractivity contribution is 0.301. The smallest absolute Gasteiger partial charge is 0.0348 e. The van der Waals surface area contributed by atoms with Crippen LogP contribution in [0.1, 0.15) is 52.4 Å². The lowest BCUT2D eigenvalue weighted by atomic mass is 9.83. The molecule has 1 aliphatic rings. The van der Waals surface area contributed by atoms with Gasteiger partial charge in [-0.1, -0.05) is 32.4 Å². The van der Waals surface area contributed by atoms with E-state index in [1.807, 2.05) is 0 Å². The van der Waals surface area contributed by atoms with Gasteiger partial charge in [-0.2, -0.15) is 0 Å². The minimum Gasteiger partial charge on any atom is -0.0885 e. The fourth-order valence-corrected chi connectivity index (χ4v) is 2.09. The largest absolute Gasteiger partial charge is 0.0885 e. The summed E-state index contributed by atoms with van der Waals surface area (Å²) in [4.78, 5) is 0. The van der Waals surface area contributed by atoms with Crippen molar-refractivity contribution >= 4 is 0 Å². The lowest BCUT2D eigenvalue weighted by Crippen LogP contribution is -2.11. The average molecular weight is 166 g/mol. The molecule has 0 bridgehead atoms. The van der Waals surface area contributed by atoms with E-state index in [2.05, 4.69) is 26.0 Å². The normalized spacial score (nSPS) is 27.7. The van der Waals surface area contributed by atoms with Crippen LogP contribution < -0.4 is 0 Å². The maximum atomic E-state index is 2.41. The molecule has 0 spiro atoms. The predicted molar refractivity (Wildman–Crippen MR) is 55.2 cm³/mol. The summed E-state index contributed by atoms with van der Waals surface area (Å²) in [5, 5.41) is 0. The third kappa shape index (κ3) is 3.00. The molecule has 0 heteroatoms. The molecular weight excluding hydrogens is 144 g/mol. The third-order valence-corrected chi connectivity index (χ3v) is 3.27. The first kappa shape index (κ1) is 9.83. The highest BCUT2D eigenvalue weighted by Gasteiger charge is 2.14. The van der Waals surface area contributed by atoms with Crippen molar-refractivity contribution in [3.8, 4) is 0 Å². The highest BCUT2D eigenvalue weighted by Crippen LogP contribution is 2.27. The summed E-state index contributed by atoms with van der Waals surface area (Å²) in [6.07, 6.45) is 13.0. The zero-order valence-corrected chi connectivity index (χ0v) is 8.55. The van der Waals surface area contributed by atoms with Crippen molar-refractivity contribution in [1.82, 2.24) is 0 Å². The van der Waals surface area contributed by atoms with Gasteiger partial charge in [-0.3, -0.25) is 0 Å². The monoisotopic (exact) mass is 166 g/mol. The first-order valence-electron chi connectivity index (χ1n) is 5.49. The molecule has 0 aromatic rings. The van der Waals surface area contributed by atoms with E-state index in [1.54, 1.807) is 0 Å². The Morgan fingerprint density at radius 3 is 2.75 bits per heavy atom. The summed E-state index contributed by atoms with van der Waals surface area (Å²) in [5.74, 6) is 1.94. The van der Waals surface area contributed by atoms with Crippen molar-refractivity contribution in [2.45, 2.75) is 52.4 Å². The molecule has 70 valence electrons. The SMILES string of the molecule is CCC(C)C1CCC=CCCC1. The van der Waals surface area contributed by atoms with Crippen LogP contribution in [0.3, 0.4) is 0 Å². The Bertz CT molecular complexity index is 135. The van der Waals surface area contributed by atoms with Crippen LogP contribution in [0.15, 0.2) is 12.2 Å². The standard InChI is InChI=1S/C12H22/c1-3-11(2)12-9-7-5-4-6-8-10-12/h4-5,11-12H,3,6-10H2,1-2H3. The van der Waals surface area contributed by atoms with Crippen LogP contribution in [-0.2, 0) is 0 Å². The zero-order valence-electron chi connectivity index (χ0n) is 8.55. The Morgan fingerprint density at radius 2 is 2.00 bits per heavy atom. The number of rotatable bonds is 2. The van der Waals surface area contributed by atoms with Crippen LogP contribution >= 0.6 is 0 Å². The Hall–Kier alpha value is -0.260. The van der Waals surface area contributed by atoms with Crippen molar-refractivity contribution in [1.29, 1.82) is 0 Å². The van der Waals surface area contributed by atoms with Gasteiger partial charge in [-0.15, -0.1) is 0 Å². The lowest BCUT2D eigenvalue weighted by Gasteiger charge is -2.23. The van der Waals surface area contributed by atoms with Gasteiger partial charge in [0.1, 0.15) is 0 Å². The predicted octanol–water partition coefficient (Wildman–Crippen LogP) is 4.17. The summed E-state index contributed by atoms with van der Waals surface area (Å²) in [6.45, 7) is 4.73. The molecule has 2 atom stereocenters. The van der Waals surface area contributed by atoms with Crippen LogP contribution in [-0.4, -0.2) is 0 Å². The van der Waals surface area contributed by atoms with Crippen LogP contribution in [0, 0.1) is 11.8 Å². The molecule has 0 saturated carbocycles. The van der Waals surface area contributed by atoms with Gasteiger partial charge in [0.25, 0.3) is 0 Å². The molecule has 0 radical (unpaired) electrons. The van der Waals surface area contributed by atoms with Crippen LogP contribution in [0.25, 0.3) is 0 Å². The summed E-state index contributed by atoms with van der Waals surface area (Å²) in [5.41, 5.74) is 0. The minimum atomic E-state index is 0.941. The van der Waals surface area contributed by atoms with Crippen molar-refractivity contribution in [2.24, 2.45) is 11.8 Å². The van der Waals surface area contributed by atoms with Crippen LogP contribution in [0.4, 0.5) is 0 Å². The van der Waals surface area contributed by atoms with E-state index in [-0.39, 0.29) is 0 Å². The molecule has 12 heavy (non-hydrogen) atoms. The highest BCUT2D eigenvalue weighted by molar-refractivity contribution is 4.85. The second kappa shape index (κ2) is 5.40. The van der Waals surface area contributed by atoms with Gasteiger partial charge in [0.05, 0.1) is 0 Å². The summed E-state index contributed by atoms with van der Waals surface area (Å²) >= 11 is 0. The van der Waals surface area contributed by atoms with Crippen molar-refractivity contribution in [3.05, 3.63) is 12.2 Å². The molecular formula is C12H22. The quantitative estimate of drug-likeness (QED) is 0.540. The van der Waals surface area contributed by atoms with Crippen molar-refractivity contribution < 1.29 is 0 Å². The second-order valence-corrected chi connectivity index (χ2v) is 4.13. The number of hydrogen-bond donors (Lipinski definition) is 0. The Balaban J connectivity index is 2.36. The molecule has 0 heterocycles. The van der Waals surface area contributed by atoms with Gasteiger partial charge >= 0.3 is 0 Å². The number of hydrogen-bond acceptors (Lipinski definition) is 0. The molecule has 2 unspecified atom stereocenters. The molecule has 0 amide bonds. The molecule has 0 N–H and O–H groups in total. The van der Waals surface area contributed by atoms with E-state index in [4.69, 9.17) is 0 Å².